The first kappa shape index (κ1) is 25.1. The van der Waals surface area contributed by atoms with E-state index in [4.69, 9.17) is 9.47 Å². The van der Waals surface area contributed by atoms with Gasteiger partial charge in [-0.1, -0.05) is 19.9 Å². The van der Waals surface area contributed by atoms with Crippen LogP contribution in [0.4, 0.5) is 0 Å². The van der Waals surface area contributed by atoms with Crippen LogP contribution >= 0.6 is 0 Å². The molecule has 6 heteroatoms. The van der Waals surface area contributed by atoms with Crippen molar-refractivity contribution in [2.24, 2.45) is 17.3 Å². The Balaban J connectivity index is 1.64. The van der Waals surface area contributed by atoms with Gasteiger partial charge in [0.15, 0.2) is 17.3 Å². The third-order valence-corrected chi connectivity index (χ3v) is 8.98. The summed E-state index contributed by atoms with van der Waals surface area (Å²) in [5, 5.41) is 10.5. The van der Waals surface area contributed by atoms with Crippen molar-refractivity contribution in [2.45, 2.75) is 104 Å². The Morgan fingerprint density at radius 2 is 1.91 bits per heavy atom. The number of aliphatic hydroxyl groups is 1. The normalized spacial score (nSPS) is 37.2. The molecule has 4 aliphatic rings. The summed E-state index contributed by atoms with van der Waals surface area (Å²) >= 11 is 0. The van der Waals surface area contributed by atoms with E-state index in [1.165, 1.54) is 6.08 Å². The van der Waals surface area contributed by atoms with Crippen LogP contribution in [0.2, 0.25) is 0 Å². The third-order valence-electron chi connectivity index (χ3n) is 8.98. The number of rotatable bonds is 4. The van der Waals surface area contributed by atoms with E-state index in [0.29, 0.717) is 24.0 Å². The van der Waals surface area contributed by atoms with Crippen molar-refractivity contribution in [1.82, 2.24) is 0 Å². The first-order chi connectivity index (χ1) is 15.7. The van der Waals surface area contributed by atoms with Crippen LogP contribution in [0.25, 0.3) is 0 Å². The summed E-state index contributed by atoms with van der Waals surface area (Å²) in [5.74, 6) is -1.29. The van der Waals surface area contributed by atoms with Gasteiger partial charge in [-0.3, -0.25) is 14.4 Å². The van der Waals surface area contributed by atoms with Crippen LogP contribution in [0, 0.1) is 17.3 Å². The van der Waals surface area contributed by atoms with Gasteiger partial charge in [0.05, 0.1) is 17.8 Å². The molecule has 2 aliphatic heterocycles. The van der Waals surface area contributed by atoms with Crippen molar-refractivity contribution in [3.05, 3.63) is 34.6 Å². The predicted molar refractivity (Wildman–Crippen MR) is 128 cm³/mol. The minimum absolute atomic E-state index is 0.0104. The smallest absolute Gasteiger partial charge is 0.224 e. The molecule has 0 spiro atoms. The number of ether oxygens (including phenoxy) is 2. The molecule has 6 nitrogen and oxygen atoms in total. The lowest BCUT2D eigenvalue weighted by molar-refractivity contribution is -0.245. The fraction of sp³-hybridized carbons (Fsp3) is 0.679. The van der Waals surface area contributed by atoms with Gasteiger partial charge in [-0.05, 0) is 78.4 Å². The van der Waals surface area contributed by atoms with E-state index < -0.39 is 17.1 Å². The van der Waals surface area contributed by atoms with Crippen LogP contribution < -0.4 is 0 Å². The Hall–Kier alpha value is -2.05. The molecule has 0 aromatic heterocycles. The van der Waals surface area contributed by atoms with Crippen molar-refractivity contribution in [2.75, 3.05) is 0 Å². The topological polar surface area (TPSA) is 89.9 Å². The average Bonchev–Trinajstić information content (AvgIpc) is 2.77. The van der Waals surface area contributed by atoms with Crippen molar-refractivity contribution >= 4 is 17.3 Å². The Labute approximate surface area is 202 Å². The van der Waals surface area contributed by atoms with Gasteiger partial charge in [-0.15, -0.1) is 0 Å². The summed E-state index contributed by atoms with van der Waals surface area (Å²) in [7, 11) is 0. The summed E-state index contributed by atoms with van der Waals surface area (Å²) in [6.45, 7) is 13.0. The molecule has 34 heavy (non-hydrogen) atoms. The van der Waals surface area contributed by atoms with E-state index in [1.807, 2.05) is 6.92 Å². The lowest BCUT2D eigenvalue weighted by atomic mass is 9.53. The second-order valence-corrected chi connectivity index (χ2v) is 11.7. The zero-order valence-corrected chi connectivity index (χ0v) is 21.5. The summed E-state index contributed by atoms with van der Waals surface area (Å²) in [5.41, 5.74) is -0.533. The highest BCUT2D eigenvalue weighted by Gasteiger charge is 2.61. The molecule has 0 aromatic carbocycles. The number of hydrogen-bond donors (Lipinski definition) is 1. The van der Waals surface area contributed by atoms with E-state index in [1.54, 1.807) is 40.7 Å². The lowest BCUT2D eigenvalue weighted by Crippen LogP contribution is -2.62. The first-order valence-electron chi connectivity index (χ1n) is 12.5. The van der Waals surface area contributed by atoms with Crippen LogP contribution in [0.3, 0.4) is 0 Å². The van der Waals surface area contributed by atoms with Crippen LogP contribution in [0.1, 0.15) is 80.6 Å². The number of carbonyl (C=O) groups excluding carboxylic acids is 3. The minimum atomic E-state index is -0.909. The molecule has 2 fully saturated rings. The summed E-state index contributed by atoms with van der Waals surface area (Å²) in [4.78, 5) is 39.4. The zero-order chi connectivity index (χ0) is 25.2. The molecule has 6 atom stereocenters. The van der Waals surface area contributed by atoms with Crippen LogP contribution in [0.5, 0.6) is 0 Å². The maximum Gasteiger partial charge on any atom is 0.224 e. The monoisotopic (exact) mass is 470 g/mol. The number of ketones is 3. The highest BCUT2D eigenvalue weighted by Crippen LogP contribution is 2.59. The molecule has 1 unspecified atom stereocenters. The third kappa shape index (κ3) is 3.83. The van der Waals surface area contributed by atoms with Gasteiger partial charge < -0.3 is 14.6 Å². The van der Waals surface area contributed by atoms with Crippen LogP contribution in [-0.2, 0) is 23.9 Å². The van der Waals surface area contributed by atoms with Crippen molar-refractivity contribution in [3.63, 3.8) is 0 Å². The summed E-state index contributed by atoms with van der Waals surface area (Å²) in [6.07, 6.45) is 6.31. The van der Waals surface area contributed by atoms with E-state index in [2.05, 4.69) is 6.92 Å². The van der Waals surface area contributed by atoms with Crippen molar-refractivity contribution in [3.8, 4) is 0 Å². The molecule has 2 heterocycles. The average molecular weight is 471 g/mol. The van der Waals surface area contributed by atoms with Crippen molar-refractivity contribution in [1.29, 1.82) is 0 Å². The Morgan fingerprint density at radius 3 is 2.53 bits per heavy atom. The molecule has 0 bridgehead atoms. The molecule has 0 radical (unpaired) electrons. The molecule has 1 saturated heterocycles. The van der Waals surface area contributed by atoms with E-state index in [-0.39, 0.29) is 52.2 Å². The molecule has 0 aromatic rings. The van der Waals surface area contributed by atoms with Gasteiger partial charge in [0.2, 0.25) is 5.78 Å². The summed E-state index contributed by atoms with van der Waals surface area (Å²) in [6, 6.07) is 0. The Morgan fingerprint density at radius 1 is 1.24 bits per heavy atom. The number of hydrogen-bond acceptors (Lipinski definition) is 6. The second kappa shape index (κ2) is 8.27. The van der Waals surface area contributed by atoms with Crippen LogP contribution in [-0.4, -0.2) is 45.9 Å². The maximum absolute atomic E-state index is 13.5. The van der Waals surface area contributed by atoms with Gasteiger partial charge in [-0.25, -0.2) is 0 Å². The van der Waals surface area contributed by atoms with Crippen molar-refractivity contribution < 1.29 is 29.0 Å². The summed E-state index contributed by atoms with van der Waals surface area (Å²) < 4.78 is 12.9. The quantitative estimate of drug-likeness (QED) is 0.484. The fourth-order valence-electron chi connectivity index (χ4n) is 6.56. The zero-order valence-electron chi connectivity index (χ0n) is 21.5. The van der Waals surface area contributed by atoms with E-state index >= 15 is 0 Å². The molecule has 0 amide bonds. The van der Waals surface area contributed by atoms with Gasteiger partial charge >= 0.3 is 0 Å². The number of allylic oxidation sites excluding steroid dienone is 5. The fourth-order valence-corrected chi connectivity index (χ4v) is 6.56. The van der Waals surface area contributed by atoms with Gasteiger partial charge in [0, 0.05) is 28.4 Å². The molecule has 4 rings (SSSR count). The lowest BCUT2D eigenvalue weighted by Gasteiger charge is -2.60. The molecule has 1 N–H and O–H groups in total. The Kier molecular flexibility index (Phi) is 6.09. The maximum atomic E-state index is 13.5. The molecule has 1 saturated carbocycles. The van der Waals surface area contributed by atoms with Gasteiger partial charge in [0.1, 0.15) is 5.60 Å². The molecule has 186 valence electrons. The Bertz CT molecular complexity index is 1020. The highest BCUT2D eigenvalue weighted by atomic mass is 16.5. The van der Waals surface area contributed by atoms with E-state index in [9.17, 15) is 19.5 Å². The second-order valence-electron chi connectivity index (χ2n) is 11.7. The van der Waals surface area contributed by atoms with E-state index in [0.717, 1.165) is 19.3 Å². The standard InChI is InChI=1S/C28H38O6/c1-8-15(2)23(30)16(3)17-13-19(29)18-14-20-27(6)11-9-21(26(4,5)32)33-22(27)10-12-28(20,7)34-25(18)24(17)31/h8,13,16,20-22,32H,9-12,14H2,1-7H3/b15-8+/t16-,20-,21?,22-,27-,28+/m1/s1. The SMILES string of the molecule is C/C=C(\C)C(=O)[C@H](C)C1=CC(=O)C2=C(O[C@@]3(C)CC[C@H]4OC(C(C)(C)O)CC[C@]4(C)[C@H]3C2)C1=O. The highest BCUT2D eigenvalue weighted by molar-refractivity contribution is 6.24. The largest absolute Gasteiger partial charge is 0.483 e. The number of Topliss-reactive ketones (excluding diaryl/α,β-unsaturated/α-hetero) is 2. The minimum Gasteiger partial charge on any atom is -0.483 e. The van der Waals surface area contributed by atoms with Gasteiger partial charge in [0.25, 0.3) is 0 Å². The molecule has 2 aliphatic carbocycles. The molecular formula is C28H38O6. The number of carbonyl (C=O) groups is 3. The predicted octanol–water partition coefficient (Wildman–Crippen LogP) is 4.40. The number of fused-ring (bicyclic) bond motifs is 3. The molecular weight excluding hydrogens is 432 g/mol. The first-order valence-corrected chi connectivity index (χ1v) is 12.5. The van der Waals surface area contributed by atoms with Crippen LogP contribution in [0.15, 0.2) is 34.6 Å². The van der Waals surface area contributed by atoms with Gasteiger partial charge in [-0.2, -0.15) is 0 Å².